The van der Waals surface area contributed by atoms with Crippen molar-refractivity contribution in [3.05, 3.63) is 24.3 Å². The van der Waals surface area contributed by atoms with Crippen LogP contribution in [0.1, 0.15) is 26.7 Å². The Morgan fingerprint density at radius 3 is 2.63 bits per heavy atom. The molecule has 0 spiro atoms. The Labute approximate surface area is 169 Å². The van der Waals surface area contributed by atoms with Crippen LogP contribution >= 0.6 is 0 Å². The van der Waals surface area contributed by atoms with Gasteiger partial charge in [0.05, 0.1) is 16.8 Å². The fourth-order valence-corrected chi connectivity index (χ4v) is 4.86. The predicted molar refractivity (Wildman–Crippen MR) is 114 cm³/mol. The van der Waals surface area contributed by atoms with Gasteiger partial charge < -0.3 is 15.0 Å². The average Bonchev–Trinajstić information content (AvgIpc) is 2.65. The summed E-state index contributed by atoms with van der Waals surface area (Å²) < 4.78 is 29.3. The predicted octanol–water partition coefficient (Wildman–Crippen LogP) is 2.26. The van der Waals surface area contributed by atoms with Gasteiger partial charge in [-0.15, -0.1) is 0 Å². The van der Waals surface area contributed by atoms with Crippen LogP contribution < -0.4 is 10.1 Å². The van der Waals surface area contributed by atoms with E-state index in [0.717, 1.165) is 42.7 Å². The van der Waals surface area contributed by atoms with Crippen LogP contribution in [0.4, 0.5) is 0 Å². The summed E-state index contributed by atoms with van der Waals surface area (Å²) in [4.78, 5) is 3.32. The minimum absolute atomic E-state index is 0.342. The smallest absolute Gasteiger partial charge is 0.119 e. The summed E-state index contributed by atoms with van der Waals surface area (Å²) in [5.74, 6) is 2.71. The Hall–Kier alpha value is -0.760. The third-order valence-electron chi connectivity index (χ3n) is 4.66. The molecule has 0 saturated carbocycles. The Morgan fingerprint density at radius 1 is 1.22 bits per heavy atom. The van der Waals surface area contributed by atoms with Crippen molar-refractivity contribution in [2.75, 3.05) is 50.5 Å². The second kappa shape index (κ2) is 11.9. The molecule has 1 saturated heterocycles. The third-order valence-corrected chi connectivity index (χ3v) is 6.98. The van der Waals surface area contributed by atoms with Crippen molar-refractivity contribution >= 4 is 21.6 Å². The van der Waals surface area contributed by atoms with Crippen molar-refractivity contribution < 1.29 is 13.2 Å². The van der Waals surface area contributed by atoms with Gasteiger partial charge in [-0.1, -0.05) is 13.8 Å². The topological polar surface area (TPSA) is 58.6 Å². The number of rotatable bonds is 11. The van der Waals surface area contributed by atoms with E-state index in [1.54, 1.807) is 6.26 Å². The first-order chi connectivity index (χ1) is 12.9. The van der Waals surface area contributed by atoms with Crippen LogP contribution in [0.2, 0.25) is 0 Å². The van der Waals surface area contributed by atoms with Crippen molar-refractivity contribution in [1.82, 2.24) is 10.2 Å². The number of nitrogens with zero attached hydrogens (tertiary/aromatic N) is 1. The lowest BCUT2D eigenvalue weighted by atomic mass is 10.1. The van der Waals surface area contributed by atoms with E-state index in [-0.39, 0.29) is 0 Å². The monoisotopic (exact) mass is 414 g/mol. The lowest BCUT2D eigenvalue weighted by Crippen LogP contribution is -2.53. The highest BCUT2D eigenvalue weighted by molar-refractivity contribution is 7.85. The summed E-state index contributed by atoms with van der Waals surface area (Å²) in [7, 11) is -1.85. The highest BCUT2D eigenvalue weighted by Crippen LogP contribution is 2.16. The zero-order valence-electron chi connectivity index (χ0n) is 16.8. The summed E-state index contributed by atoms with van der Waals surface area (Å²) >= 11 is 0. The SMILES string of the molecule is CC(C)CCN1CCNC(COc2ccc(S(=O)CCCS(C)=O)cc2)C1. The summed E-state index contributed by atoms with van der Waals surface area (Å²) in [5.41, 5.74) is 0. The van der Waals surface area contributed by atoms with Gasteiger partial charge in [0.25, 0.3) is 0 Å². The lowest BCUT2D eigenvalue weighted by Gasteiger charge is -2.33. The van der Waals surface area contributed by atoms with E-state index >= 15 is 0 Å². The fourth-order valence-electron chi connectivity index (χ4n) is 3.05. The van der Waals surface area contributed by atoms with Crippen LogP contribution in [0.5, 0.6) is 5.75 Å². The molecule has 3 atom stereocenters. The zero-order valence-corrected chi connectivity index (χ0v) is 18.4. The second-order valence-corrected chi connectivity index (χ2v) is 10.7. The number of hydrogen-bond donors (Lipinski definition) is 1. The van der Waals surface area contributed by atoms with E-state index in [1.807, 2.05) is 24.3 Å². The van der Waals surface area contributed by atoms with E-state index in [2.05, 4.69) is 24.1 Å². The highest BCUT2D eigenvalue weighted by Gasteiger charge is 2.19. The molecule has 0 aliphatic carbocycles. The van der Waals surface area contributed by atoms with Gasteiger partial charge in [0.15, 0.2) is 0 Å². The lowest BCUT2D eigenvalue weighted by molar-refractivity contribution is 0.153. The minimum atomic E-state index is -1.04. The van der Waals surface area contributed by atoms with E-state index in [1.165, 1.54) is 6.42 Å². The minimum Gasteiger partial charge on any atom is -0.492 e. The molecule has 7 heteroatoms. The molecule has 0 bridgehead atoms. The summed E-state index contributed by atoms with van der Waals surface area (Å²) in [6, 6.07) is 7.87. The Bertz CT molecular complexity index is 608. The van der Waals surface area contributed by atoms with Crippen molar-refractivity contribution in [1.29, 1.82) is 0 Å². The van der Waals surface area contributed by atoms with Gasteiger partial charge in [0.2, 0.25) is 0 Å². The Morgan fingerprint density at radius 2 is 1.96 bits per heavy atom. The van der Waals surface area contributed by atoms with Crippen LogP contribution in [0.25, 0.3) is 0 Å². The van der Waals surface area contributed by atoms with Gasteiger partial charge in [-0.25, -0.2) is 0 Å². The number of ether oxygens (including phenoxy) is 1. The van der Waals surface area contributed by atoms with E-state index in [4.69, 9.17) is 4.74 Å². The molecule has 1 aliphatic rings. The van der Waals surface area contributed by atoms with Crippen molar-refractivity contribution in [2.45, 2.75) is 37.6 Å². The molecule has 1 fully saturated rings. The molecule has 27 heavy (non-hydrogen) atoms. The first-order valence-corrected chi connectivity index (χ1v) is 12.9. The van der Waals surface area contributed by atoms with Crippen molar-refractivity contribution in [2.24, 2.45) is 5.92 Å². The van der Waals surface area contributed by atoms with E-state index in [0.29, 0.717) is 30.6 Å². The number of benzene rings is 1. The zero-order chi connectivity index (χ0) is 19.6. The first-order valence-electron chi connectivity index (χ1n) is 9.81. The molecular formula is C20H34N2O3S2. The maximum atomic E-state index is 12.2. The summed E-state index contributed by atoms with van der Waals surface area (Å²) in [6.45, 7) is 9.47. The molecule has 3 unspecified atom stereocenters. The summed E-state index contributed by atoms with van der Waals surface area (Å²) in [6.07, 6.45) is 3.63. The Kier molecular flexibility index (Phi) is 9.96. The number of piperazine rings is 1. The van der Waals surface area contributed by atoms with Gasteiger partial charge in [-0.3, -0.25) is 8.42 Å². The van der Waals surface area contributed by atoms with Gasteiger partial charge in [0.1, 0.15) is 12.4 Å². The summed E-state index contributed by atoms with van der Waals surface area (Å²) in [5, 5.41) is 3.53. The molecule has 1 heterocycles. The van der Waals surface area contributed by atoms with Crippen LogP contribution in [-0.2, 0) is 21.6 Å². The maximum Gasteiger partial charge on any atom is 0.119 e. The molecule has 1 aromatic rings. The van der Waals surface area contributed by atoms with Crippen molar-refractivity contribution in [3.8, 4) is 5.75 Å². The molecule has 1 aliphatic heterocycles. The maximum absolute atomic E-state index is 12.2. The van der Waals surface area contributed by atoms with Crippen LogP contribution in [0, 0.1) is 5.92 Å². The molecule has 154 valence electrons. The van der Waals surface area contributed by atoms with Crippen LogP contribution in [0.15, 0.2) is 29.2 Å². The van der Waals surface area contributed by atoms with Crippen molar-refractivity contribution in [3.63, 3.8) is 0 Å². The molecule has 0 amide bonds. The fraction of sp³-hybridized carbons (Fsp3) is 0.700. The quantitative estimate of drug-likeness (QED) is 0.602. The third kappa shape index (κ3) is 8.85. The first kappa shape index (κ1) is 22.5. The average molecular weight is 415 g/mol. The largest absolute Gasteiger partial charge is 0.492 e. The van der Waals surface area contributed by atoms with E-state index < -0.39 is 21.6 Å². The molecule has 2 rings (SSSR count). The van der Waals surface area contributed by atoms with E-state index in [9.17, 15) is 8.42 Å². The molecular weight excluding hydrogens is 380 g/mol. The highest BCUT2D eigenvalue weighted by atomic mass is 32.2. The number of nitrogens with one attached hydrogen (secondary N) is 1. The molecule has 5 nitrogen and oxygen atoms in total. The second-order valence-electron chi connectivity index (χ2n) is 7.60. The van der Waals surface area contributed by atoms with Gasteiger partial charge in [0, 0.05) is 53.1 Å². The van der Waals surface area contributed by atoms with Crippen LogP contribution in [-0.4, -0.2) is 69.9 Å². The Balaban J connectivity index is 1.74. The molecule has 1 aromatic carbocycles. The molecule has 0 aromatic heterocycles. The molecule has 0 radical (unpaired) electrons. The van der Waals surface area contributed by atoms with Crippen LogP contribution in [0.3, 0.4) is 0 Å². The number of hydrogen-bond acceptors (Lipinski definition) is 5. The normalized spacial score (nSPS) is 20.5. The van der Waals surface area contributed by atoms with Gasteiger partial charge in [-0.2, -0.15) is 0 Å². The van der Waals surface area contributed by atoms with Gasteiger partial charge >= 0.3 is 0 Å². The van der Waals surface area contributed by atoms with Gasteiger partial charge in [-0.05, 0) is 49.6 Å². The molecule has 1 N–H and O–H groups in total. The standard InChI is InChI=1S/C20H34N2O3S2/c1-17(2)9-11-22-12-10-21-18(15-22)16-25-19-5-7-20(8-6-19)27(24)14-4-13-26(3)23/h5-8,17-18,21H,4,9-16H2,1-3H3.